The van der Waals surface area contributed by atoms with E-state index in [1.54, 1.807) is 13.2 Å². The van der Waals surface area contributed by atoms with Crippen LogP contribution in [0, 0.1) is 0 Å². The average Bonchev–Trinajstić information content (AvgIpc) is 2.45. The number of carbonyl (C=O) groups excluding carboxylic acids is 1. The van der Waals surface area contributed by atoms with Gasteiger partial charge in [-0.15, -0.1) is 10.3 Å². The van der Waals surface area contributed by atoms with Gasteiger partial charge in [-0.2, -0.15) is 0 Å². The summed E-state index contributed by atoms with van der Waals surface area (Å²) in [7, 11) is 0.492. The Hall–Kier alpha value is -1.00. The number of aldehydes is 1. The van der Waals surface area contributed by atoms with E-state index < -0.39 is 10.3 Å². The SMILES string of the molecule is CCS(C)(OCCc1cccc(C=O)c1OC)C(C)(C)C. The van der Waals surface area contributed by atoms with Crippen LogP contribution in [0.1, 0.15) is 43.6 Å². The Kier molecular flexibility index (Phi) is 6.29. The van der Waals surface area contributed by atoms with Gasteiger partial charge < -0.3 is 8.92 Å². The highest BCUT2D eigenvalue weighted by molar-refractivity contribution is 8.30. The van der Waals surface area contributed by atoms with Crippen LogP contribution in [0.2, 0.25) is 0 Å². The van der Waals surface area contributed by atoms with E-state index in [1.807, 2.05) is 12.1 Å². The highest BCUT2D eigenvalue weighted by Gasteiger charge is 2.31. The van der Waals surface area contributed by atoms with Gasteiger partial charge in [0, 0.05) is 11.2 Å². The average molecular weight is 312 g/mol. The molecule has 0 spiro atoms. The summed E-state index contributed by atoms with van der Waals surface area (Å²) in [5, 5.41) is 0. The summed E-state index contributed by atoms with van der Waals surface area (Å²) in [6.45, 7) is 9.54. The lowest BCUT2D eigenvalue weighted by Gasteiger charge is -2.46. The zero-order valence-electron chi connectivity index (χ0n) is 14.1. The minimum absolute atomic E-state index is 0.163. The number of methoxy groups -OCH3 is 1. The fraction of sp³-hybridized carbons (Fsp3) is 0.588. The fourth-order valence-corrected chi connectivity index (χ4v) is 4.01. The molecular formula is C17H28O3S. The standard InChI is InChI=1S/C17H28O3S/c1-7-21(6,17(2,3)4)20-12-11-14-9-8-10-15(13-18)16(14)19-5/h8-10,13H,7,11-12H2,1-6H3. The molecule has 0 saturated carbocycles. The molecule has 120 valence electrons. The van der Waals surface area contributed by atoms with Crippen molar-refractivity contribution in [3.63, 3.8) is 0 Å². The highest BCUT2D eigenvalue weighted by atomic mass is 32.3. The van der Waals surface area contributed by atoms with Crippen LogP contribution in [0.4, 0.5) is 0 Å². The minimum Gasteiger partial charge on any atom is -0.496 e. The van der Waals surface area contributed by atoms with E-state index in [4.69, 9.17) is 8.92 Å². The maximum atomic E-state index is 11.0. The number of carbonyl (C=O) groups is 1. The molecule has 0 amide bonds. The maximum absolute atomic E-state index is 11.0. The van der Waals surface area contributed by atoms with Crippen molar-refractivity contribution in [1.82, 2.24) is 0 Å². The molecule has 3 nitrogen and oxygen atoms in total. The van der Waals surface area contributed by atoms with E-state index in [-0.39, 0.29) is 4.75 Å². The number of para-hydroxylation sites is 1. The van der Waals surface area contributed by atoms with Crippen molar-refractivity contribution >= 4 is 16.6 Å². The normalized spacial score (nSPS) is 16.1. The molecule has 4 heteroatoms. The van der Waals surface area contributed by atoms with E-state index in [0.29, 0.717) is 17.9 Å². The van der Waals surface area contributed by atoms with Crippen molar-refractivity contribution in [2.24, 2.45) is 0 Å². The Morgan fingerprint density at radius 2 is 1.95 bits per heavy atom. The second-order valence-electron chi connectivity index (χ2n) is 6.14. The summed E-state index contributed by atoms with van der Waals surface area (Å²) in [5.74, 6) is 1.71. The first-order chi connectivity index (χ1) is 9.79. The molecule has 0 aliphatic heterocycles. The van der Waals surface area contributed by atoms with Crippen LogP contribution in [-0.2, 0) is 10.6 Å². The molecular weight excluding hydrogens is 284 g/mol. The topological polar surface area (TPSA) is 35.5 Å². The predicted molar refractivity (Wildman–Crippen MR) is 91.8 cm³/mol. The van der Waals surface area contributed by atoms with Gasteiger partial charge in [0.15, 0.2) is 6.29 Å². The monoisotopic (exact) mass is 312 g/mol. The Bertz CT molecular complexity index is 479. The van der Waals surface area contributed by atoms with Crippen LogP contribution in [0.3, 0.4) is 0 Å². The fourth-order valence-electron chi connectivity index (χ4n) is 2.17. The highest BCUT2D eigenvalue weighted by Crippen LogP contribution is 2.56. The molecule has 0 bridgehead atoms. The van der Waals surface area contributed by atoms with Gasteiger partial charge in [0.05, 0.1) is 19.3 Å². The van der Waals surface area contributed by atoms with Gasteiger partial charge in [0.25, 0.3) is 0 Å². The van der Waals surface area contributed by atoms with E-state index in [9.17, 15) is 4.79 Å². The first-order valence-electron chi connectivity index (χ1n) is 7.30. The Morgan fingerprint density at radius 3 is 2.43 bits per heavy atom. The van der Waals surface area contributed by atoms with Gasteiger partial charge in [-0.1, -0.05) is 39.8 Å². The second-order valence-corrected chi connectivity index (χ2v) is 10.2. The third-order valence-corrected chi connectivity index (χ3v) is 8.40. The quantitative estimate of drug-likeness (QED) is 0.707. The van der Waals surface area contributed by atoms with Crippen molar-refractivity contribution in [3.8, 4) is 5.75 Å². The number of benzene rings is 1. The Balaban J connectivity index is 2.79. The molecule has 1 rings (SSSR count). The van der Waals surface area contributed by atoms with Crippen molar-refractivity contribution < 1.29 is 13.7 Å². The smallest absolute Gasteiger partial charge is 0.153 e. The van der Waals surface area contributed by atoms with Crippen LogP contribution in [0.5, 0.6) is 5.75 Å². The van der Waals surface area contributed by atoms with E-state index in [2.05, 4.69) is 34.0 Å². The van der Waals surface area contributed by atoms with Gasteiger partial charge >= 0.3 is 0 Å². The minimum atomic E-state index is -1.11. The molecule has 1 atom stereocenters. The third kappa shape index (κ3) is 4.24. The summed E-state index contributed by atoms with van der Waals surface area (Å²) >= 11 is 0. The first-order valence-corrected chi connectivity index (χ1v) is 9.43. The summed E-state index contributed by atoms with van der Waals surface area (Å²) in [4.78, 5) is 11.0. The molecule has 0 aliphatic rings. The van der Waals surface area contributed by atoms with Crippen LogP contribution in [0.25, 0.3) is 0 Å². The Morgan fingerprint density at radius 1 is 1.29 bits per heavy atom. The lowest BCUT2D eigenvalue weighted by Crippen LogP contribution is -2.28. The van der Waals surface area contributed by atoms with Crippen molar-refractivity contribution in [1.29, 1.82) is 0 Å². The largest absolute Gasteiger partial charge is 0.496 e. The number of rotatable bonds is 7. The van der Waals surface area contributed by atoms with E-state index >= 15 is 0 Å². The zero-order valence-corrected chi connectivity index (χ0v) is 14.9. The Labute approximate surface area is 130 Å². The van der Waals surface area contributed by atoms with Crippen molar-refractivity contribution in [2.75, 3.05) is 25.7 Å². The summed E-state index contributed by atoms with van der Waals surface area (Å²) in [5.41, 5.74) is 1.62. The number of hydrogen-bond donors (Lipinski definition) is 0. The molecule has 0 aromatic heterocycles. The molecule has 0 N–H and O–H groups in total. The second kappa shape index (κ2) is 7.32. The van der Waals surface area contributed by atoms with E-state index in [1.165, 1.54) is 0 Å². The predicted octanol–water partition coefficient (Wildman–Crippen LogP) is 4.23. The molecule has 0 saturated heterocycles. The van der Waals surface area contributed by atoms with Crippen LogP contribution >= 0.6 is 10.3 Å². The van der Waals surface area contributed by atoms with Crippen LogP contribution in [-0.4, -0.2) is 36.8 Å². The molecule has 21 heavy (non-hydrogen) atoms. The summed E-state index contributed by atoms with van der Waals surface area (Å²) in [6.07, 6.45) is 3.83. The number of ether oxygens (including phenoxy) is 1. The van der Waals surface area contributed by atoms with Crippen molar-refractivity contribution in [3.05, 3.63) is 29.3 Å². The lowest BCUT2D eigenvalue weighted by molar-refractivity contribution is 0.112. The summed E-state index contributed by atoms with van der Waals surface area (Å²) in [6, 6.07) is 5.65. The zero-order chi connectivity index (χ0) is 16.1. The molecule has 1 unspecified atom stereocenters. The van der Waals surface area contributed by atoms with Crippen LogP contribution < -0.4 is 4.74 Å². The number of hydrogen-bond acceptors (Lipinski definition) is 3. The first kappa shape index (κ1) is 18.1. The van der Waals surface area contributed by atoms with Gasteiger partial charge in [-0.3, -0.25) is 4.79 Å². The molecule has 0 fully saturated rings. The lowest BCUT2D eigenvalue weighted by atomic mass is 10.1. The van der Waals surface area contributed by atoms with Gasteiger partial charge in [0.2, 0.25) is 0 Å². The molecule has 0 aliphatic carbocycles. The molecule has 1 aromatic rings. The van der Waals surface area contributed by atoms with E-state index in [0.717, 1.165) is 24.0 Å². The van der Waals surface area contributed by atoms with Crippen LogP contribution in [0.15, 0.2) is 18.2 Å². The third-order valence-electron chi connectivity index (χ3n) is 4.02. The van der Waals surface area contributed by atoms with Gasteiger partial charge in [-0.25, -0.2) is 0 Å². The molecule has 0 radical (unpaired) electrons. The van der Waals surface area contributed by atoms with Gasteiger partial charge in [-0.05, 0) is 23.6 Å². The molecule has 1 aromatic carbocycles. The molecule has 0 heterocycles. The summed E-state index contributed by atoms with van der Waals surface area (Å²) < 4.78 is 11.8. The van der Waals surface area contributed by atoms with Crippen molar-refractivity contribution in [2.45, 2.75) is 38.9 Å². The maximum Gasteiger partial charge on any atom is 0.153 e. The van der Waals surface area contributed by atoms with Gasteiger partial charge in [0.1, 0.15) is 5.75 Å².